The number of methoxy groups -OCH3 is 1. The number of amides is 1. The van der Waals surface area contributed by atoms with Crippen molar-refractivity contribution in [2.24, 2.45) is 11.7 Å². The lowest BCUT2D eigenvalue weighted by Gasteiger charge is -2.19. The molecular formula is C19H19N5O2. The van der Waals surface area contributed by atoms with Crippen molar-refractivity contribution in [3.63, 3.8) is 0 Å². The van der Waals surface area contributed by atoms with Crippen LogP contribution in [0.1, 0.15) is 25.0 Å². The summed E-state index contributed by atoms with van der Waals surface area (Å²) in [7, 11) is 1.59. The first-order valence-corrected chi connectivity index (χ1v) is 8.49. The van der Waals surface area contributed by atoms with Crippen LogP contribution in [0.4, 0.5) is 0 Å². The third-order valence-electron chi connectivity index (χ3n) is 4.81. The number of nitrogens with zero attached hydrogens (tertiary/aromatic N) is 4. The van der Waals surface area contributed by atoms with Gasteiger partial charge in [0.2, 0.25) is 11.8 Å². The zero-order valence-electron chi connectivity index (χ0n) is 14.4. The Morgan fingerprint density at radius 1 is 1.31 bits per heavy atom. The van der Waals surface area contributed by atoms with Gasteiger partial charge >= 0.3 is 0 Å². The summed E-state index contributed by atoms with van der Waals surface area (Å²) in [5.74, 6) is 0.241. The van der Waals surface area contributed by atoms with Crippen molar-refractivity contribution in [1.29, 1.82) is 0 Å². The molecule has 0 aromatic carbocycles. The first-order chi connectivity index (χ1) is 12.7. The second-order valence-electron chi connectivity index (χ2n) is 6.32. The molecule has 132 valence electrons. The Balaban J connectivity index is 1.79. The van der Waals surface area contributed by atoms with Gasteiger partial charge < -0.3 is 10.5 Å². The van der Waals surface area contributed by atoms with E-state index in [2.05, 4.69) is 21.1 Å². The number of carbonyl (C=O) groups is 1. The van der Waals surface area contributed by atoms with Gasteiger partial charge in [-0.15, -0.1) is 0 Å². The number of aromatic nitrogens is 4. The summed E-state index contributed by atoms with van der Waals surface area (Å²) in [5, 5.41) is 4.45. The van der Waals surface area contributed by atoms with Crippen molar-refractivity contribution >= 4 is 17.0 Å². The van der Waals surface area contributed by atoms with E-state index in [1.54, 1.807) is 19.5 Å². The molecule has 0 aliphatic heterocycles. The van der Waals surface area contributed by atoms with Gasteiger partial charge in [0, 0.05) is 41.7 Å². The molecule has 1 aliphatic carbocycles. The predicted molar refractivity (Wildman–Crippen MR) is 97.3 cm³/mol. The van der Waals surface area contributed by atoms with Gasteiger partial charge in [-0.1, -0.05) is 6.08 Å². The topological polar surface area (TPSA) is 95.4 Å². The zero-order valence-corrected chi connectivity index (χ0v) is 14.4. The number of hydrogen-bond donors (Lipinski definition) is 1. The number of carbonyl (C=O) groups excluding carboxylic acids is 1. The van der Waals surface area contributed by atoms with E-state index in [1.165, 1.54) is 0 Å². The average Bonchev–Trinajstić information content (AvgIpc) is 3.12. The van der Waals surface area contributed by atoms with E-state index in [0.29, 0.717) is 12.3 Å². The quantitative estimate of drug-likeness (QED) is 0.780. The van der Waals surface area contributed by atoms with E-state index in [-0.39, 0.29) is 11.8 Å². The molecule has 3 aromatic heterocycles. The van der Waals surface area contributed by atoms with E-state index in [9.17, 15) is 4.79 Å². The SMILES string of the molecule is COc1ccc(-c2cnn3ccnc(C4=CCC(C(N)=O)CC4)c23)cn1. The Morgan fingerprint density at radius 2 is 2.19 bits per heavy atom. The normalized spacial score (nSPS) is 17.1. The highest BCUT2D eigenvalue weighted by atomic mass is 16.5. The molecule has 7 heteroatoms. The highest BCUT2D eigenvalue weighted by molar-refractivity contribution is 5.89. The highest BCUT2D eigenvalue weighted by Gasteiger charge is 2.22. The van der Waals surface area contributed by atoms with Crippen molar-refractivity contribution in [3.05, 3.63) is 48.7 Å². The molecule has 26 heavy (non-hydrogen) atoms. The van der Waals surface area contributed by atoms with Crippen LogP contribution in [0.25, 0.3) is 22.2 Å². The molecule has 1 aliphatic rings. The van der Waals surface area contributed by atoms with Crippen molar-refractivity contribution in [3.8, 4) is 17.0 Å². The maximum Gasteiger partial charge on any atom is 0.220 e. The van der Waals surface area contributed by atoms with Gasteiger partial charge in [0.25, 0.3) is 0 Å². The zero-order chi connectivity index (χ0) is 18.1. The third-order valence-corrected chi connectivity index (χ3v) is 4.81. The smallest absolute Gasteiger partial charge is 0.220 e. The van der Waals surface area contributed by atoms with Crippen LogP contribution in [-0.4, -0.2) is 32.6 Å². The van der Waals surface area contributed by atoms with Gasteiger partial charge in [0.1, 0.15) is 0 Å². The lowest BCUT2D eigenvalue weighted by atomic mass is 9.87. The Hall–Kier alpha value is -3.22. The number of nitrogens with two attached hydrogens (primary N) is 1. The van der Waals surface area contributed by atoms with E-state index < -0.39 is 0 Å². The first kappa shape index (κ1) is 16.3. The second-order valence-corrected chi connectivity index (χ2v) is 6.32. The molecule has 0 saturated carbocycles. The van der Waals surface area contributed by atoms with E-state index in [4.69, 9.17) is 10.5 Å². The van der Waals surface area contributed by atoms with Crippen molar-refractivity contribution in [1.82, 2.24) is 19.6 Å². The summed E-state index contributed by atoms with van der Waals surface area (Å²) < 4.78 is 6.95. The Bertz CT molecular complexity index is 991. The molecule has 0 fully saturated rings. The summed E-state index contributed by atoms with van der Waals surface area (Å²) in [6, 6.07) is 3.78. The lowest BCUT2D eigenvalue weighted by Crippen LogP contribution is -2.24. The molecule has 0 spiro atoms. The van der Waals surface area contributed by atoms with E-state index in [1.807, 2.05) is 29.0 Å². The van der Waals surface area contributed by atoms with E-state index >= 15 is 0 Å². The number of rotatable bonds is 4. The van der Waals surface area contributed by atoms with Gasteiger partial charge in [0.15, 0.2) is 0 Å². The molecule has 0 saturated heterocycles. The maximum absolute atomic E-state index is 11.4. The molecule has 2 N–H and O–H groups in total. The molecule has 4 rings (SSSR count). The molecule has 1 amide bonds. The predicted octanol–water partition coefficient (Wildman–Crippen LogP) is 2.47. The Labute approximate surface area is 150 Å². The lowest BCUT2D eigenvalue weighted by molar-refractivity contribution is -0.121. The van der Waals surface area contributed by atoms with Crippen LogP contribution < -0.4 is 10.5 Å². The number of allylic oxidation sites excluding steroid dienone is 2. The van der Waals surface area contributed by atoms with Crippen LogP contribution in [-0.2, 0) is 4.79 Å². The van der Waals surface area contributed by atoms with Crippen LogP contribution in [0.15, 0.2) is 43.0 Å². The number of fused-ring (bicyclic) bond motifs is 1. The fraction of sp³-hybridized carbons (Fsp3) is 0.263. The second kappa shape index (κ2) is 6.59. The average molecular weight is 349 g/mol. The number of pyridine rings is 1. The summed E-state index contributed by atoms with van der Waals surface area (Å²) in [6.07, 6.45) is 11.4. The molecule has 0 radical (unpaired) electrons. The third kappa shape index (κ3) is 2.81. The van der Waals surface area contributed by atoms with Crippen molar-refractivity contribution in [2.75, 3.05) is 7.11 Å². The van der Waals surface area contributed by atoms with Crippen LogP contribution in [0.3, 0.4) is 0 Å². The molecule has 1 atom stereocenters. The van der Waals surface area contributed by atoms with Crippen LogP contribution in [0, 0.1) is 5.92 Å². The summed E-state index contributed by atoms with van der Waals surface area (Å²) in [5.41, 5.74) is 10.3. The van der Waals surface area contributed by atoms with Gasteiger partial charge in [-0.25, -0.2) is 9.50 Å². The van der Waals surface area contributed by atoms with Crippen LogP contribution in [0.2, 0.25) is 0 Å². The summed E-state index contributed by atoms with van der Waals surface area (Å²) >= 11 is 0. The fourth-order valence-electron chi connectivity index (χ4n) is 3.36. The molecular weight excluding hydrogens is 330 g/mol. The molecule has 3 aromatic rings. The number of primary amides is 1. The van der Waals surface area contributed by atoms with Crippen LogP contribution in [0.5, 0.6) is 5.88 Å². The largest absolute Gasteiger partial charge is 0.481 e. The Morgan fingerprint density at radius 3 is 2.85 bits per heavy atom. The molecule has 0 bridgehead atoms. The Kier molecular flexibility index (Phi) is 4.12. The summed E-state index contributed by atoms with van der Waals surface area (Å²) in [6.45, 7) is 0. The van der Waals surface area contributed by atoms with Crippen LogP contribution >= 0.6 is 0 Å². The summed E-state index contributed by atoms with van der Waals surface area (Å²) in [4.78, 5) is 20.3. The monoisotopic (exact) mass is 349 g/mol. The van der Waals surface area contributed by atoms with Gasteiger partial charge in [-0.05, 0) is 30.9 Å². The maximum atomic E-state index is 11.4. The van der Waals surface area contributed by atoms with Gasteiger partial charge in [-0.3, -0.25) is 9.78 Å². The van der Waals surface area contributed by atoms with E-state index in [0.717, 1.165) is 40.8 Å². The minimum Gasteiger partial charge on any atom is -0.481 e. The minimum absolute atomic E-state index is 0.0892. The van der Waals surface area contributed by atoms with Gasteiger partial charge in [0.05, 0.1) is 24.5 Å². The minimum atomic E-state index is -0.235. The first-order valence-electron chi connectivity index (χ1n) is 8.49. The van der Waals surface area contributed by atoms with Crippen molar-refractivity contribution < 1.29 is 9.53 Å². The number of ether oxygens (including phenoxy) is 1. The molecule has 1 unspecified atom stereocenters. The van der Waals surface area contributed by atoms with Crippen molar-refractivity contribution in [2.45, 2.75) is 19.3 Å². The standard InChI is InChI=1S/C19H19N5O2/c1-26-16-7-6-14(10-22-16)15-11-23-24-9-8-21-17(18(15)24)12-2-4-13(5-3-12)19(20)25/h2,6-11,13H,3-5H2,1H3,(H2,20,25). The molecule has 7 nitrogen and oxygen atoms in total. The van der Waals surface area contributed by atoms with Gasteiger partial charge in [-0.2, -0.15) is 5.10 Å². The molecule has 3 heterocycles. The number of hydrogen-bond acceptors (Lipinski definition) is 5. The fourth-order valence-corrected chi connectivity index (χ4v) is 3.36. The highest BCUT2D eigenvalue weighted by Crippen LogP contribution is 2.34.